The van der Waals surface area contributed by atoms with Crippen LogP contribution in [0, 0.1) is 10.1 Å². The Hall–Kier alpha value is -2.35. The van der Waals surface area contributed by atoms with Gasteiger partial charge in [0, 0.05) is 17.9 Å². The quantitative estimate of drug-likeness (QED) is 0.273. The average molecular weight is 348 g/mol. The van der Waals surface area contributed by atoms with E-state index in [1.54, 1.807) is 28.8 Å². The molecule has 0 N–H and O–H groups in total. The Morgan fingerprint density at radius 1 is 1.33 bits per heavy atom. The van der Waals surface area contributed by atoms with Gasteiger partial charge >= 0.3 is 5.97 Å². The van der Waals surface area contributed by atoms with Gasteiger partial charge < -0.3 is 9.64 Å². The molecular formula is C16H16N2O5S. The molecule has 2 heterocycles. The summed E-state index contributed by atoms with van der Waals surface area (Å²) >= 11 is 1.64. The fourth-order valence-electron chi connectivity index (χ4n) is 2.66. The van der Waals surface area contributed by atoms with Crippen LogP contribution in [0.15, 0.2) is 36.4 Å². The van der Waals surface area contributed by atoms with Crippen molar-refractivity contribution < 1.29 is 19.2 Å². The molecule has 24 heavy (non-hydrogen) atoms. The van der Waals surface area contributed by atoms with E-state index in [1.807, 2.05) is 12.2 Å². The number of thioether (sulfide) groups is 1. The van der Waals surface area contributed by atoms with E-state index in [2.05, 4.69) is 0 Å². The molecule has 7 nitrogen and oxygen atoms in total. The summed E-state index contributed by atoms with van der Waals surface area (Å²) in [5, 5.41) is 10.7. The van der Waals surface area contributed by atoms with E-state index in [0.717, 1.165) is 5.75 Å². The van der Waals surface area contributed by atoms with Crippen LogP contribution in [0.2, 0.25) is 0 Å². The number of carbonyl (C=O) groups is 2. The molecule has 0 saturated carbocycles. The summed E-state index contributed by atoms with van der Waals surface area (Å²) in [7, 11) is 0. The molecule has 1 saturated heterocycles. The van der Waals surface area contributed by atoms with Crippen molar-refractivity contribution in [3.8, 4) is 0 Å². The first kappa shape index (κ1) is 16.5. The van der Waals surface area contributed by atoms with Crippen LogP contribution in [0.25, 0.3) is 0 Å². The number of β-lactam (4-membered cyclic amide) rings is 1. The molecule has 1 amide bonds. The fourth-order valence-corrected chi connectivity index (χ4v) is 3.82. The van der Waals surface area contributed by atoms with Gasteiger partial charge in [-0.25, -0.2) is 4.79 Å². The summed E-state index contributed by atoms with van der Waals surface area (Å²) in [5.41, 5.74) is 0.650. The standard InChI is InChI=1S/C16H16N2O5S/c19-14-9-15-17(14)13(3-1-2-8-24-15)16(20)23-10-11-4-6-12(7-5-11)18(21)22/h1-2,4-7,13,15H,3,8-10H2/b2-1-/t13?,15-/m1/s1. The Bertz CT molecular complexity index is 688. The van der Waals surface area contributed by atoms with E-state index in [1.165, 1.54) is 12.1 Å². The summed E-state index contributed by atoms with van der Waals surface area (Å²) in [6.07, 6.45) is 4.81. The number of nitro groups is 1. The van der Waals surface area contributed by atoms with Gasteiger partial charge in [0.05, 0.1) is 16.7 Å². The first-order valence-electron chi connectivity index (χ1n) is 7.54. The Kier molecular flexibility index (Phi) is 4.84. The molecule has 1 aromatic rings. The molecule has 0 aliphatic carbocycles. The zero-order valence-electron chi connectivity index (χ0n) is 12.8. The highest BCUT2D eigenvalue weighted by molar-refractivity contribution is 8.00. The van der Waals surface area contributed by atoms with E-state index in [0.29, 0.717) is 18.4 Å². The van der Waals surface area contributed by atoms with E-state index >= 15 is 0 Å². The molecule has 1 unspecified atom stereocenters. The molecule has 0 spiro atoms. The van der Waals surface area contributed by atoms with E-state index < -0.39 is 16.9 Å². The van der Waals surface area contributed by atoms with Gasteiger partial charge in [-0.15, -0.1) is 11.8 Å². The third-order valence-corrected chi connectivity index (χ3v) is 5.16. The van der Waals surface area contributed by atoms with Crippen LogP contribution < -0.4 is 0 Å². The van der Waals surface area contributed by atoms with Crippen LogP contribution in [0.1, 0.15) is 18.4 Å². The highest BCUT2D eigenvalue weighted by Crippen LogP contribution is 2.34. The van der Waals surface area contributed by atoms with Crippen LogP contribution >= 0.6 is 11.8 Å². The molecule has 0 bridgehead atoms. The molecule has 3 rings (SSSR count). The van der Waals surface area contributed by atoms with Crippen molar-refractivity contribution in [1.29, 1.82) is 0 Å². The monoisotopic (exact) mass is 348 g/mol. The highest BCUT2D eigenvalue weighted by atomic mass is 32.2. The molecular weight excluding hydrogens is 332 g/mol. The lowest BCUT2D eigenvalue weighted by atomic mass is 10.1. The number of amides is 1. The van der Waals surface area contributed by atoms with Gasteiger partial charge in [0.25, 0.3) is 5.69 Å². The predicted molar refractivity (Wildman–Crippen MR) is 88.1 cm³/mol. The van der Waals surface area contributed by atoms with Gasteiger partial charge in [-0.05, 0) is 24.1 Å². The van der Waals surface area contributed by atoms with Gasteiger partial charge in [0.2, 0.25) is 5.91 Å². The Labute approximate surface area is 142 Å². The van der Waals surface area contributed by atoms with Crippen molar-refractivity contribution in [1.82, 2.24) is 4.90 Å². The topological polar surface area (TPSA) is 89.7 Å². The second kappa shape index (κ2) is 7.04. The van der Waals surface area contributed by atoms with Crippen molar-refractivity contribution >= 4 is 29.3 Å². The molecule has 1 aromatic carbocycles. The third-order valence-electron chi connectivity index (χ3n) is 3.99. The van der Waals surface area contributed by atoms with E-state index in [-0.39, 0.29) is 23.6 Å². The number of non-ortho nitro benzene ring substituents is 1. The third kappa shape index (κ3) is 3.43. The molecule has 126 valence electrons. The number of rotatable bonds is 4. The number of hydrogen-bond acceptors (Lipinski definition) is 6. The van der Waals surface area contributed by atoms with Crippen molar-refractivity contribution in [2.24, 2.45) is 0 Å². The minimum Gasteiger partial charge on any atom is -0.459 e. The Morgan fingerprint density at radius 3 is 2.75 bits per heavy atom. The summed E-state index contributed by atoms with van der Waals surface area (Å²) in [5.74, 6) is 0.359. The Balaban J connectivity index is 1.62. The predicted octanol–water partition coefficient (Wildman–Crippen LogP) is 2.26. The molecule has 0 aromatic heterocycles. The molecule has 0 radical (unpaired) electrons. The van der Waals surface area contributed by atoms with E-state index in [4.69, 9.17) is 4.74 Å². The zero-order valence-corrected chi connectivity index (χ0v) is 13.6. The van der Waals surface area contributed by atoms with Crippen LogP contribution in [0.3, 0.4) is 0 Å². The van der Waals surface area contributed by atoms with Crippen LogP contribution in [0.4, 0.5) is 5.69 Å². The minimum absolute atomic E-state index is 0.0127. The maximum Gasteiger partial charge on any atom is 0.329 e. The van der Waals surface area contributed by atoms with E-state index in [9.17, 15) is 19.7 Å². The number of ether oxygens (including phenoxy) is 1. The number of nitrogens with zero attached hydrogens (tertiary/aromatic N) is 2. The van der Waals surface area contributed by atoms with Crippen LogP contribution in [-0.4, -0.2) is 38.9 Å². The smallest absolute Gasteiger partial charge is 0.329 e. The van der Waals surface area contributed by atoms with Gasteiger partial charge in [0.1, 0.15) is 12.6 Å². The molecule has 2 aliphatic rings. The Morgan fingerprint density at radius 2 is 2.08 bits per heavy atom. The SMILES string of the molecule is O=C(OCc1ccc([N+](=O)[O-])cc1)C1C/C=C\CS[C@@H]2CC(=O)N12. The molecule has 2 atom stereocenters. The van der Waals surface area contributed by atoms with Gasteiger partial charge in [-0.3, -0.25) is 14.9 Å². The van der Waals surface area contributed by atoms with Gasteiger partial charge in [-0.1, -0.05) is 12.2 Å². The lowest BCUT2D eigenvalue weighted by Crippen LogP contribution is -2.59. The second-order valence-electron chi connectivity index (χ2n) is 5.55. The summed E-state index contributed by atoms with van der Waals surface area (Å²) in [4.78, 5) is 36.0. The van der Waals surface area contributed by atoms with Crippen LogP contribution in [0.5, 0.6) is 0 Å². The summed E-state index contributed by atoms with van der Waals surface area (Å²) in [6.45, 7) is 0.0247. The number of nitro benzene ring substituents is 1. The molecule has 2 aliphatic heterocycles. The normalized spacial score (nSPS) is 24.2. The zero-order chi connectivity index (χ0) is 17.1. The maximum atomic E-state index is 12.4. The summed E-state index contributed by atoms with van der Waals surface area (Å²) in [6, 6.07) is 5.24. The second-order valence-corrected chi connectivity index (χ2v) is 6.76. The largest absolute Gasteiger partial charge is 0.459 e. The number of fused-ring (bicyclic) bond motifs is 1. The molecule has 1 fully saturated rings. The van der Waals surface area contributed by atoms with Crippen molar-refractivity contribution in [2.75, 3.05) is 5.75 Å². The first-order valence-corrected chi connectivity index (χ1v) is 8.59. The average Bonchev–Trinajstić information content (AvgIpc) is 2.55. The van der Waals surface area contributed by atoms with Crippen molar-refractivity contribution in [3.05, 3.63) is 52.1 Å². The fraction of sp³-hybridized carbons (Fsp3) is 0.375. The highest BCUT2D eigenvalue weighted by Gasteiger charge is 2.44. The first-order chi connectivity index (χ1) is 11.6. The number of esters is 1. The maximum absolute atomic E-state index is 12.4. The molecule has 8 heteroatoms. The van der Waals surface area contributed by atoms with Gasteiger partial charge in [-0.2, -0.15) is 0 Å². The number of carbonyl (C=O) groups excluding carboxylic acids is 2. The number of benzene rings is 1. The minimum atomic E-state index is -0.599. The lowest BCUT2D eigenvalue weighted by molar-refractivity contribution is -0.384. The van der Waals surface area contributed by atoms with Crippen molar-refractivity contribution in [2.45, 2.75) is 30.9 Å². The van der Waals surface area contributed by atoms with Crippen LogP contribution in [-0.2, 0) is 20.9 Å². The number of hydrogen-bond donors (Lipinski definition) is 0. The van der Waals surface area contributed by atoms with Gasteiger partial charge in [0.15, 0.2) is 0 Å². The van der Waals surface area contributed by atoms with Crippen molar-refractivity contribution in [3.63, 3.8) is 0 Å². The summed E-state index contributed by atoms with van der Waals surface area (Å²) < 4.78 is 5.32. The lowest BCUT2D eigenvalue weighted by Gasteiger charge is -2.44.